The van der Waals surface area contributed by atoms with Gasteiger partial charge >= 0.3 is 0 Å². The van der Waals surface area contributed by atoms with Gasteiger partial charge in [0.25, 0.3) is 0 Å². The summed E-state index contributed by atoms with van der Waals surface area (Å²) in [6.45, 7) is 7.00. The second-order valence-electron chi connectivity index (χ2n) is 4.31. The van der Waals surface area contributed by atoms with Gasteiger partial charge in [0.1, 0.15) is 0 Å². The summed E-state index contributed by atoms with van der Waals surface area (Å²) in [4.78, 5) is 26.9. The molecule has 0 aliphatic rings. The van der Waals surface area contributed by atoms with Crippen LogP contribution in [0.4, 0.5) is 0 Å². The highest BCUT2D eigenvalue weighted by Crippen LogP contribution is 2.25. The molecule has 4 nitrogen and oxygen atoms in total. The lowest BCUT2D eigenvalue weighted by Gasteiger charge is -2.24. The minimum Gasteiger partial charge on any atom is -0.211 e. The molecular formula is C10H16N2O2. The van der Waals surface area contributed by atoms with Crippen molar-refractivity contribution >= 4 is 12.2 Å². The first-order valence-corrected chi connectivity index (χ1v) is 4.59. The third kappa shape index (κ3) is 6.30. The summed E-state index contributed by atoms with van der Waals surface area (Å²) in [5, 5.41) is 0. The van der Waals surface area contributed by atoms with Crippen molar-refractivity contribution in [3.8, 4) is 0 Å². The highest BCUT2D eigenvalue weighted by Gasteiger charge is 2.20. The molecule has 0 spiro atoms. The maximum absolute atomic E-state index is 9.95. The van der Waals surface area contributed by atoms with Gasteiger partial charge in [-0.3, -0.25) is 0 Å². The van der Waals surface area contributed by atoms with Crippen LogP contribution in [0.5, 0.6) is 0 Å². The van der Waals surface area contributed by atoms with Gasteiger partial charge in [-0.1, -0.05) is 20.8 Å². The Hall–Kier alpha value is -1.24. The molecule has 0 N–H and O–H groups in total. The molecule has 0 radical (unpaired) electrons. The largest absolute Gasteiger partial charge is 0.234 e. The molecule has 0 saturated heterocycles. The van der Waals surface area contributed by atoms with Crippen LogP contribution in [0.3, 0.4) is 0 Å². The number of hydrogen-bond donors (Lipinski definition) is 0. The fraction of sp³-hybridized carbons (Fsp3) is 0.800. The van der Waals surface area contributed by atoms with Gasteiger partial charge in [0.05, 0.1) is 13.1 Å². The number of carbonyl (C=O) groups excluding carboxylic acids is 2. The molecule has 0 fully saturated rings. The molecule has 0 aliphatic carbocycles. The molecule has 0 aromatic carbocycles. The monoisotopic (exact) mass is 196 g/mol. The van der Waals surface area contributed by atoms with E-state index in [1.807, 2.05) is 20.8 Å². The van der Waals surface area contributed by atoms with Crippen molar-refractivity contribution in [2.75, 3.05) is 13.1 Å². The maximum Gasteiger partial charge on any atom is 0.234 e. The Labute approximate surface area is 84.1 Å². The Bertz CT molecular complexity index is 261. The lowest BCUT2D eigenvalue weighted by atomic mass is 9.83. The molecule has 78 valence electrons. The lowest BCUT2D eigenvalue weighted by molar-refractivity contribution is 0.291. The van der Waals surface area contributed by atoms with Crippen molar-refractivity contribution in [3.63, 3.8) is 0 Å². The van der Waals surface area contributed by atoms with E-state index in [9.17, 15) is 9.59 Å². The standard InChI is InChI=1S/C10H16N2O2/c1-9(5-11-7-13)4-10(2,3)6-12-8-14/h9H,4-6H2,1-3H3. The zero-order valence-corrected chi connectivity index (χ0v) is 8.91. The summed E-state index contributed by atoms with van der Waals surface area (Å²) in [5.41, 5.74) is -0.0464. The quantitative estimate of drug-likeness (QED) is 0.479. The second kappa shape index (κ2) is 6.25. The molecule has 1 unspecified atom stereocenters. The van der Waals surface area contributed by atoms with Gasteiger partial charge in [-0.25, -0.2) is 19.6 Å². The van der Waals surface area contributed by atoms with E-state index < -0.39 is 0 Å². The van der Waals surface area contributed by atoms with E-state index in [4.69, 9.17) is 0 Å². The Morgan fingerprint density at radius 1 is 1.21 bits per heavy atom. The van der Waals surface area contributed by atoms with Gasteiger partial charge in [-0.2, -0.15) is 0 Å². The van der Waals surface area contributed by atoms with Gasteiger partial charge in [0.2, 0.25) is 12.2 Å². The molecule has 1 atom stereocenters. The van der Waals surface area contributed by atoms with Crippen molar-refractivity contribution in [2.45, 2.75) is 27.2 Å². The first kappa shape index (κ1) is 12.8. The van der Waals surface area contributed by atoms with E-state index in [1.54, 1.807) is 0 Å². The van der Waals surface area contributed by atoms with Crippen LogP contribution in [0.1, 0.15) is 27.2 Å². The molecule has 0 aliphatic heterocycles. The SMILES string of the molecule is CC(CN=C=O)CC(C)(C)CN=C=O. The van der Waals surface area contributed by atoms with Crippen LogP contribution in [-0.2, 0) is 9.59 Å². The van der Waals surface area contributed by atoms with Crippen molar-refractivity contribution in [3.05, 3.63) is 0 Å². The number of nitrogens with zero attached hydrogens (tertiary/aromatic N) is 2. The average molecular weight is 196 g/mol. The van der Waals surface area contributed by atoms with Crippen LogP contribution in [-0.4, -0.2) is 25.2 Å². The highest BCUT2D eigenvalue weighted by atomic mass is 16.1. The summed E-state index contributed by atoms with van der Waals surface area (Å²) in [5.74, 6) is 0.299. The van der Waals surface area contributed by atoms with Crippen LogP contribution in [0, 0.1) is 11.3 Å². The molecule has 0 rings (SSSR count). The van der Waals surface area contributed by atoms with Gasteiger partial charge in [0, 0.05) is 0 Å². The number of aliphatic imine (C=N–C) groups is 2. The van der Waals surface area contributed by atoms with Crippen molar-refractivity contribution in [1.29, 1.82) is 0 Å². The van der Waals surface area contributed by atoms with E-state index in [1.165, 1.54) is 12.2 Å². The molecule has 0 saturated carbocycles. The Morgan fingerprint density at radius 3 is 2.29 bits per heavy atom. The summed E-state index contributed by atoms with van der Waals surface area (Å²) < 4.78 is 0. The van der Waals surface area contributed by atoms with E-state index in [2.05, 4.69) is 9.98 Å². The predicted molar refractivity (Wildman–Crippen MR) is 53.5 cm³/mol. The first-order valence-electron chi connectivity index (χ1n) is 4.59. The summed E-state index contributed by atoms with van der Waals surface area (Å²) in [7, 11) is 0. The van der Waals surface area contributed by atoms with Crippen molar-refractivity contribution in [2.24, 2.45) is 21.3 Å². The average Bonchev–Trinajstić information content (AvgIpc) is 2.11. The van der Waals surface area contributed by atoms with E-state index in [-0.39, 0.29) is 5.41 Å². The normalized spacial score (nSPS) is 12.5. The third-order valence-corrected chi connectivity index (χ3v) is 1.94. The number of hydrogen-bond acceptors (Lipinski definition) is 4. The molecule has 14 heavy (non-hydrogen) atoms. The minimum absolute atomic E-state index is 0.0464. The van der Waals surface area contributed by atoms with Gasteiger partial charge < -0.3 is 0 Å². The highest BCUT2D eigenvalue weighted by molar-refractivity contribution is 5.33. The van der Waals surface area contributed by atoms with Crippen molar-refractivity contribution in [1.82, 2.24) is 0 Å². The summed E-state index contributed by atoms with van der Waals surface area (Å²) >= 11 is 0. The molecule has 0 bridgehead atoms. The fourth-order valence-corrected chi connectivity index (χ4v) is 1.51. The van der Waals surface area contributed by atoms with E-state index in [0.29, 0.717) is 19.0 Å². The number of isocyanates is 2. The first-order chi connectivity index (χ1) is 6.52. The van der Waals surface area contributed by atoms with Crippen LogP contribution in [0.15, 0.2) is 9.98 Å². The van der Waals surface area contributed by atoms with Gasteiger partial charge in [0.15, 0.2) is 0 Å². The smallest absolute Gasteiger partial charge is 0.211 e. The van der Waals surface area contributed by atoms with Crippen LogP contribution in [0.2, 0.25) is 0 Å². The summed E-state index contributed by atoms with van der Waals surface area (Å²) in [6, 6.07) is 0. The molecule has 0 aromatic rings. The zero-order chi connectivity index (χ0) is 11.0. The molecule has 0 heterocycles. The molecule has 4 heteroatoms. The maximum atomic E-state index is 9.95. The lowest BCUT2D eigenvalue weighted by Crippen LogP contribution is -2.20. The Morgan fingerprint density at radius 2 is 1.79 bits per heavy atom. The molecular weight excluding hydrogens is 180 g/mol. The topological polar surface area (TPSA) is 58.9 Å². The van der Waals surface area contributed by atoms with E-state index >= 15 is 0 Å². The molecule has 0 aromatic heterocycles. The van der Waals surface area contributed by atoms with Gasteiger partial charge in [-0.05, 0) is 17.8 Å². The van der Waals surface area contributed by atoms with Crippen LogP contribution >= 0.6 is 0 Å². The predicted octanol–water partition coefficient (Wildman–Crippen LogP) is 1.71. The molecule has 0 amide bonds. The summed E-state index contributed by atoms with van der Waals surface area (Å²) in [6.07, 6.45) is 3.91. The van der Waals surface area contributed by atoms with Gasteiger partial charge in [-0.15, -0.1) is 0 Å². The second-order valence-corrected chi connectivity index (χ2v) is 4.31. The fourth-order valence-electron chi connectivity index (χ4n) is 1.51. The number of rotatable bonds is 6. The Balaban J connectivity index is 4.05. The third-order valence-electron chi connectivity index (χ3n) is 1.94. The minimum atomic E-state index is -0.0464. The zero-order valence-electron chi connectivity index (χ0n) is 8.91. The Kier molecular flexibility index (Phi) is 5.70. The van der Waals surface area contributed by atoms with Crippen LogP contribution in [0.25, 0.3) is 0 Å². The van der Waals surface area contributed by atoms with Crippen LogP contribution < -0.4 is 0 Å². The van der Waals surface area contributed by atoms with Crippen molar-refractivity contribution < 1.29 is 9.59 Å². The van der Waals surface area contributed by atoms with E-state index in [0.717, 1.165) is 6.42 Å².